The molecule has 4 rings (SSSR count). The zero-order chi connectivity index (χ0) is 25.2. The van der Waals surface area contributed by atoms with E-state index in [-0.39, 0.29) is 16.9 Å². The Bertz CT molecular complexity index is 1270. The fourth-order valence-electron chi connectivity index (χ4n) is 3.55. The summed E-state index contributed by atoms with van der Waals surface area (Å²) in [6, 6.07) is 39.6. The smallest absolute Gasteiger partial charge is 0.308 e. The molecule has 0 heterocycles. The molecule has 4 aromatic carbocycles. The second-order valence-electron chi connectivity index (χ2n) is 8.60. The lowest BCUT2D eigenvalue weighted by molar-refractivity contribution is -0.151. The Labute approximate surface area is 221 Å². The van der Waals surface area contributed by atoms with Crippen LogP contribution in [-0.2, 0) is 20.4 Å². The van der Waals surface area contributed by atoms with Crippen LogP contribution in [-0.4, -0.2) is 17.3 Å². The Morgan fingerprint density at radius 1 is 0.750 bits per heavy atom. The van der Waals surface area contributed by atoms with Crippen molar-refractivity contribution in [3.63, 3.8) is 0 Å². The quantitative estimate of drug-likeness (QED) is 0.106. The molecule has 4 aromatic rings. The fraction of sp³-hybridized carbons (Fsp3) is 0.156. The highest BCUT2D eigenvalue weighted by Gasteiger charge is 2.28. The van der Waals surface area contributed by atoms with Gasteiger partial charge in [-0.05, 0) is 74.5 Å². The average Bonchev–Trinajstić information content (AvgIpc) is 2.90. The molecule has 180 valence electrons. The van der Waals surface area contributed by atoms with Gasteiger partial charge < -0.3 is 4.74 Å². The highest BCUT2D eigenvalue weighted by molar-refractivity contribution is 7.99. The first-order valence-corrected chi connectivity index (χ1v) is 14.1. The van der Waals surface area contributed by atoms with Gasteiger partial charge in [0.05, 0.1) is 17.3 Å². The van der Waals surface area contributed by atoms with Crippen molar-refractivity contribution in [3.05, 3.63) is 121 Å². The maximum Gasteiger partial charge on any atom is 0.308 e. The number of ether oxygens (including phenoxy) is 1. The average molecular weight is 510 g/mol. The van der Waals surface area contributed by atoms with Crippen molar-refractivity contribution < 1.29 is 9.53 Å². The summed E-state index contributed by atoms with van der Waals surface area (Å²) in [7, 11) is -0.160. The van der Waals surface area contributed by atoms with Crippen LogP contribution < -0.4 is 0 Å². The molecule has 0 aromatic heterocycles. The van der Waals surface area contributed by atoms with Crippen molar-refractivity contribution in [1.29, 1.82) is 0 Å². The van der Waals surface area contributed by atoms with E-state index >= 15 is 0 Å². The van der Waals surface area contributed by atoms with Gasteiger partial charge in [-0.2, -0.15) is 0 Å². The second-order valence-corrected chi connectivity index (χ2v) is 11.8. The second kappa shape index (κ2) is 12.5. The molecule has 0 aliphatic rings. The van der Waals surface area contributed by atoms with Crippen molar-refractivity contribution in [2.75, 3.05) is 5.75 Å². The van der Waals surface area contributed by atoms with Gasteiger partial charge in [-0.3, -0.25) is 4.79 Å². The van der Waals surface area contributed by atoms with Crippen LogP contribution in [0.25, 0.3) is 0 Å². The normalized spacial score (nSPS) is 11.0. The number of carbonyl (C=O) groups is 1. The first-order valence-electron chi connectivity index (χ1n) is 11.9. The van der Waals surface area contributed by atoms with E-state index < -0.39 is 5.60 Å². The first kappa shape index (κ1) is 25.7. The molecule has 0 saturated heterocycles. The number of carbonyl (C=O) groups excluding carboxylic acids is 1. The Kier molecular flexibility index (Phi) is 8.95. The standard InChI is InChI=1S/C32H29O2S2/c1-32(2,24-22-26-12-6-3-7-13-26)34-31(33)23-25-35-27-18-20-30(21-19-27)36(28-14-8-4-9-15-28)29-16-10-5-11-17-29/h3-21H,23,25H2,1-2H3/q+1. The highest BCUT2D eigenvalue weighted by Crippen LogP contribution is 2.32. The molecule has 0 fully saturated rings. The van der Waals surface area contributed by atoms with Crippen LogP contribution >= 0.6 is 11.8 Å². The van der Waals surface area contributed by atoms with Gasteiger partial charge in [0.25, 0.3) is 0 Å². The fourth-order valence-corrected chi connectivity index (χ4v) is 6.47. The number of rotatable bonds is 8. The molecule has 0 atom stereocenters. The molecule has 0 saturated carbocycles. The Balaban J connectivity index is 1.34. The Morgan fingerprint density at radius 3 is 1.81 bits per heavy atom. The van der Waals surface area contributed by atoms with E-state index in [0.29, 0.717) is 12.2 Å². The summed E-state index contributed by atoms with van der Waals surface area (Å²) >= 11 is 1.66. The molecule has 0 aliphatic heterocycles. The summed E-state index contributed by atoms with van der Waals surface area (Å²) in [6.45, 7) is 3.65. The Morgan fingerprint density at radius 2 is 1.25 bits per heavy atom. The van der Waals surface area contributed by atoms with Crippen LogP contribution in [0.3, 0.4) is 0 Å². The molecule has 2 nitrogen and oxygen atoms in total. The predicted octanol–water partition coefficient (Wildman–Crippen LogP) is 7.64. The largest absolute Gasteiger partial charge is 0.446 e. The molecule has 0 aliphatic carbocycles. The SMILES string of the molecule is CC(C)(C#Cc1ccccc1)OC(=O)CCSc1ccc([S+](c2ccccc2)c2ccccc2)cc1. The maximum atomic E-state index is 12.4. The Hall–Kier alpha value is -3.39. The zero-order valence-corrected chi connectivity index (χ0v) is 22.1. The summed E-state index contributed by atoms with van der Waals surface area (Å²) < 4.78 is 5.62. The van der Waals surface area contributed by atoms with Crippen LogP contribution in [0.1, 0.15) is 25.8 Å². The topological polar surface area (TPSA) is 26.3 Å². The van der Waals surface area contributed by atoms with Crippen molar-refractivity contribution in [2.45, 2.75) is 45.5 Å². The monoisotopic (exact) mass is 509 g/mol. The van der Waals surface area contributed by atoms with Crippen molar-refractivity contribution in [2.24, 2.45) is 0 Å². The van der Waals surface area contributed by atoms with Gasteiger partial charge in [-0.1, -0.05) is 66.4 Å². The van der Waals surface area contributed by atoms with E-state index in [1.165, 1.54) is 14.7 Å². The summed E-state index contributed by atoms with van der Waals surface area (Å²) in [4.78, 5) is 17.4. The molecular formula is C32H29O2S2+. The van der Waals surface area contributed by atoms with Crippen molar-refractivity contribution in [1.82, 2.24) is 0 Å². The third-order valence-corrected chi connectivity index (χ3v) is 8.49. The summed E-state index contributed by atoms with van der Waals surface area (Å²) in [6.07, 6.45) is 0.335. The van der Waals surface area contributed by atoms with E-state index in [0.717, 1.165) is 10.5 Å². The van der Waals surface area contributed by atoms with E-state index in [4.69, 9.17) is 4.74 Å². The van der Waals surface area contributed by atoms with Crippen LogP contribution in [0, 0.1) is 11.8 Å². The number of thioether (sulfide) groups is 1. The number of benzene rings is 4. The molecule has 0 spiro atoms. The minimum Gasteiger partial charge on any atom is -0.446 e. The molecule has 0 N–H and O–H groups in total. The van der Waals surface area contributed by atoms with Crippen molar-refractivity contribution in [3.8, 4) is 11.8 Å². The van der Waals surface area contributed by atoms with Gasteiger partial charge >= 0.3 is 5.97 Å². The molecule has 0 amide bonds. The van der Waals surface area contributed by atoms with Crippen molar-refractivity contribution >= 4 is 28.6 Å². The number of esters is 1. The molecular weight excluding hydrogens is 480 g/mol. The summed E-state index contributed by atoms with van der Waals surface area (Å²) in [5.41, 5.74) is 0.0763. The number of hydrogen-bond acceptors (Lipinski definition) is 3. The van der Waals surface area contributed by atoms with E-state index in [9.17, 15) is 4.79 Å². The van der Waals surface area contributed by atoms with E-state index in [1.807, 2.05) is 44.2 Å². The van der Waals surface area contributed by atoms with Gasteiger partial charge in [0.15, 0.2) is 20.3 Å². The minimum absolute atomic E-state index is 0.160. The van der Waals surface area contributed by atoms with Crippen LogP contribution in [0.4, 0.5) is 0 Å². The number of hydrogen-bond donors (Lipinski definition) is 0. The van der Waals surface area contributed by atoms with Crippen LogP contribution in [0.2, 0.25) is 0 Å². The first-order chi connectivity index (χ1) is 17.5. The molecule has 0 unspecified atom stereocenters. The van der Waals surface area contributed by atoms with Gasteiger partial charge in [-0.15, -0.1) is 11.8 Å². The zero-order valence-electron chi connectivity index (χ0n) is 20.5. The summed E-state index contributed by atoms with van der Waals surface area (Å²) in [5.74, 6) is 6.56. The van der Waals surface area contributed by atoms with E-state index in [2.05, 4.69) is 96.8 Å². The molecule has 36 heavy (non-hydrogen) atoms. The lowest BCUT2D eigenvalue weighted by Crippen LogP contribution is -2.26. The lowest BCUT2D eigenvalue weighted by atomic mass is 10.1. The van der Waals surface area contributed by atoms with Gasteiger partial charge in [-0.25, -0.2) is 0 Å². The molecule has 0 radical (unpaired) electrons. The van der Waals surface area contributed by atoms with Gasteiger partial charge in [0.2, 0.25) is 0 Å². The highest BCUT2D eigenvalue weighted by atomic mass is 32.2. The lowest BCUT2D eigenvalue weighted by Gasteiger charge is -2.18. The third-order valence-electron chi connectivity index (χ3n) is 5.24. The van der Waals surface area contributed by atoms with E-state index in [1.54, 1.807) is 11.8 Å². The molecule has 0 bridgehead atoms. The predicted molar refractivity (Wildman–Crippen MR) is 150 cm³/mol. The van der Waals surface area contributed by atoms with Crippen LogP contribution in [0.15, 0.2) is 135 Å². The van der Waals surface area contributed by atoms with Gasteiger partial charge in [0, 0.05) is 16.2 Å². The maximum absolute atomic E-state index is 12.4. The summed E-state index contributed by atoms with van der Waals surface area (Å²) in [5, 5.41) is 0. The van der Waals surface area contributed by atoms with Gasteiger partial charge in [0.1, 0.15) is 0 Å². The molecule has 4 heteroatoms. The minimum atomic E-state index is -0.829. The van der Waals surface area contributed by atoms with Crippen LogP contribution in [0.5, 0.6) is 0 Å². The third kappa shape index (κ3) is 7.55.